The van der Waals surface area contributed by atoms with Crippen molar-refractivity contribution in [1.82, 2.24) is 10.2 Å². The summed E-state index contributed by atoms with van der Waals surface area (Å²) in [4.78, 5) is 2.59. The number of rotatable bonds is 3. The molecule has 2 atom stereocenters. The van der Waals surface area contributed by atoms with Crippen molar-refractivity contribution >= 4 is 0 Å². The molecule has 94 valence electrons. The van der Waals surface area contributed by atoms with Gasteiger partial charge in [0.2, 0.25) is 0 Å². The van der Waals surface area contributed by atoms with Crippen LogP contribution in [-0.2, 0) is 4.74 Å². The van der Waals surface area contributed by atoms with Gasteiger partial charge in [-0.25, -0.2) is 0 Å². The highest BCUT2D eigenvalue weighted by atomic mass is 16.5. The zero-order valence-electron chi connectivity index (χ0n) is 11.0. The Labute approximate surface area is 99.5 Å². The Hall–Kier alpha value is -0.120. The predicted molar refractivity (Wildman–Crippen MR) is 66.4 cm³/mol. The summed E-state index contributed by atoms with van der Waals surface area (Å²) in [6.45, 7) is 11.2. The van der Waals surface area contributed by atoms with Crippen LogP contribution in [-0.4, -0.2) is 43.4 Å². The molecule has 2 aliphatic rings. The molecular weight excluding hydrogens is 200 g/mol. The number of likely N-dealkylation sites (tertiary alicyclic amines) is 1. The summed E-state index contributed by atoms with van der Waals surface area (Å²) in [5, 5.41) is 3.53. The van der Waals surface area contributed by atoms with E-state index in [1.807, 2.05) is 0 Å². The maximum atomic E-state index is 5.91. The van der Waals surface area contributed by atoms with Crippen LogP contribution in [0, 0.1) is 5.41 Å². The van der Waals surface area contributed by atoms with Gasteiger partial charge in [-0.15, -0.1) is 0 Å². The molecule has 16 heavy (non-hydrogen) atoms. The molecule has 0 aromatic carbocycles. The molecule has 0 aromatic rings. The Morgan fingerprint density at radius 2 is 2.25 bits per heavy atom. The Morgan fingerprint density at radius 3 is 2.88 bits per heavy atom. The molecule has 0 bridgehead atoms. The summed E-state index contributed by atoms with van der Waals surface area (Å²) >= 11 is 0. The van der Waals surface area contributed by atoms with E-state index in [-0.39, 0.29) is 6.23 Å². The molecule has 2 saturated heterocycles. The second-order valence-electron chi connectivity index (χ2n) is 6.01. The SMILES string of the molecule is CCN1CCCC1CC1NCC(C)(C)CO1. The summed E-state index contributed by atoms with van der Waals surface area (Å²) in [5.74, 6) is 0. The lowest BCUT2D eigenvalue weighted by Gasteiger charge is -2.37. The Bertz CT molecular complexity index is 220. The fourth-order valence-electron chi connectivity index (χ4n) is 2.80. The Kier molecular flexibility index (Phi) is 3.88. The summed E-state index contributed by atoms with van der Waals surface area (Å²) in [5.41, 5.74) is 0.302. The molecule has 0 aromatic heterocycles. The first-order valence-electron chi connectivity index (χ1n) is 6.70. The van der Waals surface area contributed by atoms with Crippen LogP contribution in [0.4, 0.5) is 0 Å². The molecular formula is C13H26N2O. The van der Waals surface area contributed by atoms with E-state index in [0.29, 0.717) is 5.41 Å². The molecule has 2 heterocycles. The van der Waals surface area contributed by atoms with Crippen molar-refractivity contribution in [1.29, 1.82) is 0 Å². The van der Waals surface area contributed by atoms with E-state index in [2.05, 4.69) is 31.0 Å². The van der Waals surface area contributed by atoms with Crippen LogP contribution >= 0.6 is 0 Å². The average molecular weight is 226 g/mol. The lowest BCUT2D eigenvalue weighted by Crippen LogP contribution is -2.49. The minimum atomic E-state index is 0.283. The second-order valence-corrected chi connectivity index (χ2v) is 6.01. The lowest BCUT2D eigenvalue weighted by atomic mass is 9.93. The van der Waals surface area contributed by atoms with Crippen molar-refractivity contribution < 1.29 is 4.74 Å². The molecule has 0 aliphatic carbocycles. The molecule has 2 aliphatic heterocycles. The molecule has 2 unspecified atom stereocenters. The minimum absolute atomic E-state index is 0.283. The first-order valence-corrected chi connectivity index (χ1v) is 6.70. The van der Waals surface area contributed by atoms with Crippen molar-refractivity contribution in [2.75, 3.05) is 26.2 Å². The van der Waals surface area contributed by atoms with Crippen molar-refractivity contribution in [2.24, 2.45) is 5.41 Å². The normalized spacial score (nSPS) is 35.4. The summed E-state index contributed by atoms with van der Waals surface area (Å²) in [6.07, 6.45) is 4.14. The van der Waals surface area contributed by atoms with E-state index in [1.165, 1.54) is 25.9 Å². The maximum Gasteiger partial charge on any atom is 0.109 e. The van der Waals surface area contributed by atoms with Gasteiger partial charge in [-0.2, -0.15) is 0 Å². The first kappa shape index (κ1) is 12.3. The zero-order valence-corrected chi connectivity index (χ0v) is 11.0. The highest BCUT2D eigenvalue weighted by Crippen LogP contribution is 2.25. The molecule has 0 saturated carbocycles. The third kappa shape index (κ3) is 2.96. The van der Waals surface area contributed by atoms with Gasteiger partial charge >= 0.3 is 0 Å². The average Bonchev–Trinajstić information content (AvgIpc) is 2.68. The van der Waals surface area contributed by atoms with Crippen molar-refractivity contribution in [3.63, 3.8) is 0 Å². The maximum absolute atomic E-state index is 5.91. The van der Waals surface area contributed by atoms with Crippen molar-refractivity contribution in [3.8, 4) is 0 Å². The van der Waals surface area contributed by atoms with Crippen LogP contribution in [0.15, 0.2) is 0 Å². The molecule has 1 N–H and O–H groups in total. The van der Waals surface area contributed by atoms with Crippen LogP contribution < -0.4 is 5.32 Å². The first-order chi connectivity index (χ1) is 7.61. The van der Waals surface area contributed by atoms with Gasteiger partial charge in [-0.3, -0.25) is 5.32 Å². The summed E-state index contributed by atoms with van der Waals surface area (Å²) < 4.78 is 5.91. The largest absolute Gasteiger partial charge is 0.363 e. The van der Waals surface area contributed by atoms with Gasteiger partial charge < -0.3 is 9.64 Å². The van der Waals surface area contributed by atoms with Crippen LogP contribution in [0.3, 0.4) is 0 Å². The molecule has 0 spiro atoms. The van der Waals surface area contributed by atoms with Gasteiger partial charge in [0.1, 0.15) is 6.23 Å². The lowest BCUT2D eigenvalue weighted by molar-refractivity contribution is -0.0685. The molecule has 0 amide bonds. The van der Waals surface area contributed by atoms with Gasteiger partial charge in [0.15, 0.2) is 0 Å². The quantitative estimate of drug-likeness (QED) is 0.794. The monoisotopic (exact) mass is 226 g/mol. The van der Waals surface area contributed by atoms with Crippen molar-refractivity contribution in [2.45, 2.75) is 52.3 Å². The smallest absolute Gasteiger partial charge is 0.109 e. The van der Waals surface area contributed by atoms with E-state index in [4.69, 9.17) is 4.74 Å². The third-order valence-corrected chi connectivity index (χ3v) is 3.87. The Balaban J connectivity index is 1.78. The third-order valence-electron chi connectivity index (χ3n) is 3.87. The van der Waals surface area contributed by atoms with Gasteiger partial charge in [-0.1, -0.05) is 20.8 Å². The van der Waals surface area contributed by atoms with Gasteiger partial charge in [0, 0.05) is 24.4 Å². The van der Waals surface area contributed by atoms with E-state index >= 15 is 0 Å². The molecule has 2 fully saturated rings. The topological polar surface area (TPSA) is 24.5 Å². The van der Waals surface area contributed by atoms with E-state index < -0.39 is 0 Å². The van der Waals surface area contributed by atoms with Crippen LogP contribution in [0.25, 0.3) is 0 Å². The molecule has 0 radical (unpaired) electrons. The van der Waals surface area contributed by atoms with Crippen LogP contribution in [0.5, 0.6) is 0 Å². The zero-order chi connectivity index (χ0) is 11.6. The fraction of sp³-hybridized carbons (Fsp3) is 1.00. The molecule has 3 nitrogen and oxygen atoms in total. The second kappa shape index (κ2) is 5.03. The minimum Gasteiger partial charge on any atom is -0.363 e. The number of hydrogen-bond donors (Lipinski definition) is 1. The van der Waals surface area contributed by atoms with Gasteiger partial charge in [0.05, 0.1) is 6.61 Å². The van der Waals surface area contributed by atoms with Crippen LogP contribution in [0.1, 0.15) is 40.0 Å². The highest BCUT2D eigenvalue weighted by Gasteiger charge is 2.31. The number of ether oxygens (including phenoxy) is 1. The predicted octanol–water partition coefficient (Wildman–Crippen LogP) is 1.83. The van der Waals surface area contributed by atoms with E-state index in [0.717, 1.165) is 25.6 Å². The van der Waals surface area contributed by atoms with Gasteiger partial charge in [-0.05, 0) is 25.9 Å². The fourth-order valence-corrected chi connectivity index (χ4v) is 2.80. The van der Waals surface area contributed by atoms with Gasteiger partial charge in [0.25, 0.3) is 0 Å². The van der Waals surface area contributed by atoms with E-state index in [1.54, 1.807) is 0 Å². The van der Waals surface area contributed by atoms with E-state index in [9.17, 15) is 0 Å². The molecule has 2 rings (SSSR count). The van der Waals surface area contributed by atoms with Crippen molar-refractivity contribution in [3.05, 3.63) is 0 Å². The number of nitrogens with one attached hydrogen (secondary N) is 1. The number of hydrogen-bond acceptors (Lipinski definition) is 3. The highest BCUT2D eigenvalue weighted by molar-refractivity contribution is 4.84. The number of nitrogens with zero attached hydrogens (tertiary/aromatic N) is 1. The summed E-state index contributed by atoms with van der Waals surface area (Å²) in [6, 6.07) is 0.740. The Morgan fingerprint density at radius 1 is 1.44 bits per heavy atom. The standard InChI is InChI=1S/C13H26N2O/c1-4-15-7-5-6-11(15)8-12-14-9-13(2,3)10-16-12/h11-12,14H,4-10H2,1-3H3. The molecule has 3 heteroatoms. The van der Waals surface area contributed by atoms with Crippen LogP contribution in [0.2, 0.25) is 0 Å². The summed E-state index contributed by atoms with van der Waals surface area (Å²) in [7, 11) is 0.